The molecule has 0 aliphatic heterocycles. The van der Waals surface area contributed by atoms with Crippen LogP contribution in [0.2, 0.25) is 0 Å². The Balaban J connectivity index is 1.47. The molecule has 1 heterocycles. The number of anilines is 2. The second kappa shape index (κ2) is 13.5. The van der Waals surface area contributed by atoms with Gasteiger partial charge in [-0.25, -0.2) is 0 Å². The van der Waals surface area contributed by atoms with Crippen LogP contribution in [-0.4, -0.2) is 23.0 Å². The van der Waals surface area contributed by atoms with Crippen LogP contribution in [0.4, 0.5) is 11.4 Å². The number of thioether (sulfide) groups is 1. The Morgan fingerprint density at radius 2 is 1.70 bits per heavy atom. The van der Waals surface area contributed by atoms with Gasteiger partial charge in [-0.3, -0.25) is 14.4 Å². The van der Waals surface area contributed by atoms with Gasteiger partial charge < -0.3 is 20.4 Å². The second-order valence-corrected chi connectivity index (χ2v) is 10.5. The Hall–Kier alpha value is -4.56. The van der Waals surface area contributed by atoms with E-state index in [-0.39, 0.29) is 16.9 Å². The molecule has 7 nitrogen and oxygen atoms in total. The minimum atomic E-state index is -0.512. The molecular formula is C32H31N3O4S. The predicted octanol–water partition coefficient (Wildman–Crippen LogP) is 6.82. The quantitative estimate of drug-likeness (QED) is 0.148. The fraction of sp³-hybridized carbons (Fsp3) is 0.156. The van der Waals surface area contributed by atoms with Gasteiger partial charge in [-0.15, -0.1) is 11.8 Å². The van der Waals surface area contributed by atoms with Crippen molar-refractivity contribution in [3.8, 4) is 0 Å². The maximum atomic E-state index is 13.3. The van der Waals surface area contributed by atoms with E-state index in [0.717, 1.165) is 21.7 Å². The van der Waals surface area contributed by atoms with Crippen molar-refractivity contribution >= 4 is 46.9 Å². The van der Waals surface area contributed by atoms with E-state index in [1.165, 1.54) is 24.1 Å². The molecule has 0 saturated carbocycles. The van der Waals surface area contributed by atoms with Crippen LogP contribution in [0.25, 0.3) is 6.08 Å². The molecule has 4 rings (SSSR count). The number of furan rings is 1. The summed E-state index contributed by atoms with van der Waals surface area (Å²) in [4.78, 5) is 39.9. The van der Waals surface area contributed by atoms with Gasteiger partial charge in [-0.05, 0) is 79.9 Å². The van der Waals surface area contributed by atoms with E-state index in [1.54, 1.807) is 48.5 Å². The molecule has 1 aromatic heterocycles. The van der Waals surface area contributed by atoms with E-state index in [4.69, 9.17) is 4.42 Å². The maximum Gasteiger partial charge on any atom is 0.272 e. The summed E-state index contributed by atoms with van der Waals surface area (Å²) >= 11 is 1.42. The first-order valence-corrected chi connectivity index (χ1v) is 13.8. The lowest BCUT2D eigenvalue weighted by Crippen LogP contribution is -2.30. The molecule has 0 saturated heterocycles. The third-order valence-corrected chi connectivity index (χ3v) is 7.40. The number of carbonyl (C=O) groups is 3. The number of rotatable bonds is 10. The van der Waals surface area contributed by atoms with Crippen LogP contribution >= 0.6 is 11.8 Å². The lowest BCUT2D eigenvalue weighted by molar-refractivity contribution is -0.116. The fourth-order valence-corrected chi connectivity index (χ4v) is 4.89. The van der Waals surface area contributed by atoms with Crippen molar-refractivity contribution in [2.24, 2.45) is 0 Å². The first-order chi connectivity index (χ1) is 19.3. The van der Waals surface area contributed by atoms with Crippen LogP contribution in [0.15, 0.2) is 106 Å². The predicted molar refractivity (Wildman–Crippen MR) is 160 cm³/mol. The first-order valence-electron chi connectivity index (χ1n) is 12.9. The molecule has 1 atom stereocenters. The number of hydrogen-bond donors (Lipinski definition) is 3. The average Bonchev–Trinajstić information content (AvgIpc) is 3.47. The highest BCUT2D eigenvalue weighted by Gasteiger charge is 2.20. The van der Waals surface area contributed by atoms with Crippen LogP contribution in [0.3, 0.4) is 0 Å². The molecule has 40 heavy (non-hydrogen) atoms. The topological polar surface area (TPSA) is 100 Å². The summed E-state index contributed by atoms with van der Waals surface area (Å²) in [6.45, 7) is 5.92. The standard InChI is InChI=1S/C32H31N3O4S/c1-4-29(32(38)34-27-18-21(2)15-16-22(27)3)40-26-14-8-12-24(19-26)33-31(37)28(20-25-13-9-17-39-25)35-30(36)23-10-6-5-7-11-23/h5-20,29H,4H2,1-3H3,(H,33,37)(H,34,38)(H,35,36)/b28-20-. The molecule has 8 heteroatoms. The molecule has 0 spiro atoms. The Morgan fingerprint density at radius 3 is 2.42 bits per heavy atom. The van der Waals surface area contributed by atoms with E-state index in [0.29, 0.717) is 23.4 Å². The van der Waals surface area contributed by atoms with E-state index in [1.807, 2.05) is 57.2 Å². The van der Waals surface area contributed by atoms with Crippen LogP contribution in [0.5, 0.6) is 0 Å². The smallest absolute Gasteiger partial charge is 0.272 e. The molecule has 0 aliphatic carbocycles. The van der Waals surface area contributed by atoms with Crippen molar-refractivity contribution < 1.29 is 18.8 Å². The monoisotopic (exact) mass is 553 g/mol. The van der Waals surface area contributed by atoms with Crippen molar-refractivity contribution in [2.45, 2.75) is 37.3 Å². The third kappa shape index (κ3) is 7.74. The molecular weight excluding hydrogens is 522 g/mol. The summed E-state index contributed by atoms with van der Waals surface area (Å²) in [5.74, 6) is -0.590. The van der Waals surface area contributed by atoms with Crippen LogP contribution in [0.1, 0.15) is 40.6 Å². The average molecular weight is 554 g/mol. The van der Waals surface area contributed by atoms with Gasteiger partial charge >= 0.3 is 0 Å². The number of benzene rings is 3. The van der Waals surface area contributed by atoms with Gasteiger partial charge in [0.25, 0.3) is 11.8 Å². The Bertz CT molecular complexity index is 1510. The van der Waals surface area contributed by atoms with Gasteiger partial charge in [-0.1, -0.05) is 43.3 Å². The molecule has 3 amide bonds. The summed E-state index contributed by atoms with van der Waals surface area (Å²) in [6, 6.07) is 25.3. The van der Waals surface area contributed by atoms with E-state index >= 15 is 0 Å². The number of nitrogens with one attached hydrogen (secondary N) is 3. The van der Waals surface area contributed by atoms with Gasteiger partial charge in [0.2, 0.25) is 5.91 Å². The lowest BCUT2D eigenvalue weighted by atomic mass is 10.1. The van der Waals surface area contributed by atoms with Crippen molar-refractivity contribution in [3.05, 3.63) is 119 Å². The normalized spacial score (nSPS) is 11.9. The van der Waals surface area contributed by atoms with Crippen LogP contribution in [0, 0.1) is 13.8 Å². The largest absolute Gasteiger partial charge is 0.465 e. The van der Waals surface area contributed by atoms with Gasteiger partial charge in [0.1, 0.15) is 11.5 Å². The summed E-state index contributed by atoms with van der Waals surface area (Å²) in [5.41, 5.74) is 3.86. The highest BCUT2D eigenvalue weighted by molar-refractivity contribution is 8.00. The van der Waals surface area contributed by atoms with Crippen molar-refractivity contribution in [1.82, 2.24) is 5.32 Å². The number of aryl methyl sites for hydroxylation is 2. The van der Waals surface area contributed by atoms with Crippen molar-refractivity contribution in [3.63, 3.8) is 0 Å². The SMILES string of the molecule is CCC(Sc1cccc(NC(=O)/C(=C/c2ccco2)NC(=O)c2ccccc2)c1)C(=O)Nc1cc(C)ccc1C. The Morgan fingerprint density at radius 1 is 0.900 bits per heavy atom. The van der Waals surface area contributed by atoms with Crippen molar-refractivity contribution in [2.75, 3.05) is 10.6 Å². The number of carbonyl (C=O) groups excluding carboxylic acids is 3. The molecule has 3 N–H and O–H groups in total. The van der Waals surface area contributed by atoms with Crippen molar-refractivity contribution in [1.29, 1.82) is 0 Å². The molecule has 1 unspecified atom stereocenters. The van der Waals surface area contributed by atoms with Crippen LogP contribution in [-0.2, 0) is 9.59 Å². The molecule has 0 aliphatic rings. The molecule has 0 fully saturated rings. The minimum Gasteiger partial charge on any atom is -0.465 e. The Labute approximate surface area is 238 Å². The first kappa shape index (κ1) is 28.4. The highest BCUT2D eigenvalue weighted by Crippen LogP contribution is 2.29. The van der Waals surface area contributed by atoms with E-state index in [9.17, 15) is 14.4 Å². The summed E-state index contributed by atoms with van der Waals surface area (Å²) in [5, 5.41) is 8.26. The minimum absolute atomic E-state index is 0.0289. The maximum absolute atomic E-state index is 13.3. The lowest BCUT2D eigenvalue weighted by Gasteiger charge is -2.17. The Kier molecular flexibility index (Phi) is 9.59. The fourth-order valence-electron chi connectivity index (χ4n) is 3.87. The van der Waals surface area contributed by atoms with Gasteiger partial charge in [0.15, 0.2) is 0 Å². The zero-order chi connectivity index (χ0) is 28.5. The molecule has 0 bridgehead atoms. The van der Waals surface area contributed by atoms with E-state index in [2.05, 4.69) is 16.0 Å². The number of hydrogen-bond acceptors (Lipinski definition) is 5. The summed E-state index contributed by atoms with van der Waals surface area (Å²) < 4.78 is 5.36. The second-order valence-electron chi connectivity index (χ2n) is 9.20. The van der Waals surface area contributed by atoms with Gasteiger partial charge in [0, 0.05) is 27.9 Å². The summed E-state index contributed by atoms with van der Waals surface area (Å²) in [7, 11) is 0. The third-order valence-electron chi connectivity index (χ3n) is 6.04. The highest BCUT2D eigenvalue weighted by atomic mass is 32.2. The summed E-state index contributed by atoms with van der Waals surface area (Å²) in [6.07, 6.45) is 3.58. The molecule has 204 valence electrons. The number of amides is 3. The van der Waals surface area contributed by atoms with E-state index < -0.39 is 11.8 Å². The van der Waals surface area contributed by atoms with Crippen LogP contribution < -0.4 is 16.0 Å². The zero-order valence-electron chi connectivity index (χ0n) is 22.6. The molecule has 3 aromatic carbocycles. The molecule has 0 radical (unpaired) electrons. The van der Waals surface area contributed by atoms with Gasteiger partial charge in [-0.2, -0.15) is 0 Å². The zero-order valence-corrected chi connectivity index (χ0v) is 23.4. The van der Waals surface area contributed by atoms with Gasteiger partial charge in [0.05, 0.1) is 11.5 Å². The molecule has 4 aromatic rings.